The fourth-order valence-electron chi connectivity index (χ4n) is 4.67. The van der Waals surface area contributed by atoms with Crippen LogP contribution in [0, 0.1) is 11.6 Å². The first-order chi connectivity index (χ1) is 16.8. The number of carbonyl (C=O) groups excluding carboxylic acids is 2. The average Bonchev–Trinajstić information content (AvgIpc) is 3.17. The summed E-state index contributed by atoms with van der Waals surface area (Å²) in [7, 11) is 0. The van der Waals surface area contributed by atoms with Gasteiger partial charge in [0, 0.05) is 24.4 Å². The first-order valence-electron chi connectivity index (χ1n) is 11.0. The molecule has 0 bridgehead atoms. The summed E-state index contributed by atoms with van der Waals surface area (Å²) in [6.07, 6.45) is 0.178. The number of hydrogen-bond donors (Lipinski definition) is 2. The lowest BCUT2D eigenvalue weighted by Gasteiger charge is -2.35. The molecule has 0 aliphatic carbocycles. The van der Waals surface area contributed by atoms with E-state index in [9.17, 15) is 28.3 Å². The van der Waals surface area contributed by atoms with Crippen molar-refractivity contribution >= 4 is 11.8 Å². The number of ether oxygens (including phenoxy) is 1. The number of nitrogens with zero attached hydrogens (tertiary/aromatic N) is 2. The van der Waals surface area contributed by atoms with E-state index < -0.39 is 52.5 Å². The van der Waals surface area contributed by atoms with E-state index in [0.29, 0.717) is 6.07 Å². The van der Waals surface area contributed by atoms with Crippen molar-refractivity contribution in [3.05, 3.63) is 99.0 Å². The Morgan fingerprint density at radius 1 is 1.17 bits per heavy atom. The van der Waals surface area contributed by atoms with E-state index >= 15 is 0 Å². The third-order valence-corrected chi connectivity index (χ3v) is 6.31. The highest BCUT2D eigenvalue weighted by atomic mass is 19.1. The fourth-order valence-corrected chi connectivity index (χ4v) is 4.67. The minimum absolute atomic E-state index is 0.0214. The lowest BCUT2D eigenvalue weighted by Crippen LogP contribution is -2.47. The maximum absolute atomic E-state index is 13.9. The summed E-state index contributed by atoms with van der Waals surface area (Å²) >= 11 is 0. The molecule has 2 aromatic carbocycles. The van der Waals surface area contributed by atoms with Crippen molar-refractivity contribution in [3.63, 3.8) is 0 Å². The molecule has 3 aromatic rings. The Labute approximate surface area is 198 Å². The maximum atomic E-state index is 13.9. The number of aromatic nitrogens is 1. The quantitative estimate of drug-likeness (QED) is 0.597. The van der Waals surface area contributed by atoms with Crippen molar-refractivity contribution < 1.29 is 28.2 Å². The number of carbonyl (C=O) groups is 2. The molecule has 0 spiro atoms. The smallest absolute Gasteiger partial charge is 0.277 e. The number of halogens is 2. The van der Waals surface area contributed by atoms with Crippen LogP contribution in [0.4, 0.5) is 8.78 Å². The Balaban J connectivity index is 1.45. The number of fused-ring (bicyclic) bond motifs is 2. The Kier molecular flexibility index (Phi) is 5.60. The molecule has 35 heavy (non-hydrogen) atoms. The van der Waals surface area contributed by atoms with Crippen LogP contribution in [0.3, 0.4) is 0 Å². The molecule has 1 fully saturated rings. The van der Waals surface area contributed by atoms with Gasteiger partial charge in [-0.25, -0.2) is 8.78 Å². The molecule has 2 amide bonds. The number of nitrogens with one attached hydrogen (secondary N) is 1. The van der Waals surface area contributed by atoms with Crippen molar-refractivity contribution in [2.75, 3.05) is 0 Å². The van der Waals surface area contributed by atoms with Gasteiger partial charge in [0.05, 0.1) is 18.7 Å². The van der Waals surface area contributed by atoms with E-state index in [0.717, 1.165) is 11.6 Å². The molecule has 1 saturated heterocycles. The van der Waals surface area contributed by atoms with Crippen LogP contribution in [-0.4, -0.2) is 38.7 Å². The van der Waals surface area contributed by atoms with Gasteiger partial charge < -0.3 is 19.7 Å². The summed E-state index contributed by atoms with van der Waals surface area (Å²) in [4.78, 5) is 40.4. The van der Waals surface area contributed by atoms with Gasteiger partial charge >= 0.3 is 0 Å². The Morgan fingerprint density at radius 3 is 2.63 bits per heavy atom. The van der Waals surface area contributed by atoms with Crippen molar-refractivity contribution in [2.45, 2.75) is 38.4 Å². The third kappa shape index (κ3) is 3.85. The van der Waals surface area contributed by atoms with Crippen LogP contribution < -0.4 is 10.7 Å². The van der Waals surface area contributed by atoms with Crippen molar-refractivity contribution in [1.82, 2.24) is 14.8 Å². The van der Waals surface area contributed by atoms with E-state index in [2.05, 4.69) is 5.32 Å². The molecule has 2 N–H and O–H groups in total. The topological polar surface area (TPSA) is 101 Å². The monoisotopic (exact) mass is 481 g/mol. The Hall–Kier alpha value is -4.05. The summed E-state index contributed by atoms with van der Waals surface area (Å²) < 4.78 is 34.3. The zero-order valence-corrected chi connectivity index (χ0v) is 18.6. The summed E-state index contributed by atoms with van der Waals surface area (Å²) in [6, 6.07) is 11.8. The van der Waals surface area contributed by atoms with Gasteiger partial charge in [0.1, 0.15) is 17.2 Å². The Morgan fingerprint density at radius 2 is 1.91 bits per heavy atom. The molecular weight excluding hydrogens is 460 g/mol. The fraction of sp³-hybridized carbons (Fsp3) is 0.240. The summed E-state index contributed by atoms with van der Waals surface area (Å²) in [5, 5.41) is 13.0. The van der Waals surface area contributed by atoms with Gasteiger partial charge in [-0.2, -0.15) is 0 Å². The highest BCUT2D eigenvalue weighted by molar-refractivity contribution is 5.99. The van der Waals surface area contributed by atoms with Gasteiger partial charge in [0.15, 0.2) is 17.7 Å². The largest absolute Gasteiger partial charge is 0.503 e. The van der Waals surface area contributed by atoms with Gasteiger partial charge in [0.25, 0.3) is 11.8 Å². The van der Waals surface area contributed by atoms with Crippen LogP contribution in [0.25, 0.3) is 0 Å². The SMILES string of the molecule is C[C@@H]1O[C@H]2Cn3cc(C(=O)NCc4ccc(F)cc4F)c(=O)c(O)c3C(=O)N2[C@@H]1c1ccccc1. The molecule has 2 aliphatic rings. The van der Waals surface area contributed by atoms with Crippen molar-refractivity contribution in [2.24, 2.45) is 0 Å². The molecule has 180 valence electrons. The molecule has 0 saturated carbocycles. The Bertz CT molecular complexity index is 1390. The van der Waals surface area contributed by atoms with Crippen LogP contribution in [0.2, 0.25) is 0 Å². The van der Waals surface area contributed by atoms with Crippen LogP contribution in [0.1, 0.15) is 44.9 Å². The summed E-state index contributed by atoms with van der Waals surface area (Å²) in [5.41, 5.74) is -0.792. The third-order valence-electron chi connectivity index (χ3n) is 6.31. The van der Waals surface area contributed by atoms with Gasteiger partial charge in [0.2, 0.25) is 5.43 Å². The molecule has 3 atom stereocenters. The molecule has 2 aliphatic heterocycles. The lowest BCUT2D eigenvalue weighted by molar-refractivity contribution is -0.0104. The van der Waals surface area contributed by atoms with Crippen LogP contribution in [0.5, 0.6) is 5.75 Å². The highest BCUT2D eigenvalue weighted by Gasteiger charge is 2.48. The number of benzene rings is 2. The minimum atomic E-state index is -1.02. The summed E-state index contributed by atoms with van der Waals surface area (Å²) in [5.74, 6) is -3.91. The zero-order valence-electron chi connectivity index (χ0n) is 18.6. The predicted octanol–water partition coefficient (Wildman–Crippen LogP) is 2.70. The number of aromatic hydroxyl groups is 1. The standard InChI is InChI=1S/C25H21F2N3O5/c1-13-20(14-5-3-2-4-6-14)30-19(35-13)12-29-11-17(22(31)23(32)21(29)25(30)34)24(33)28-10-15-7-8-16(26)9-18(15)27/h2-9,11,13,19-20,32H,10,12H2,1H3,(H,28,33)/t13-,19-,20-/m0/s1. The number of rotatable bonds is 4. The van der Waals surface area contributed by atoms with E-state index in [1.807, 2.05) is 37.3 Å². The zero-order chi connectivity index (χ0) is 24.9. The normalized spacial score (nSPS) is 20.9. The highest BCUT2D eigenvalue weighted by Crippen LogP contribution is 2.40. The van der Waals surface area contributed by atoms with Crippen LogP contribution in [0.15, 0.2) is 59.5 Å². The second-order valence-corrected chi connectivity index (χ2v) is 8.50. The predicted molar refractivity (Wildman–Crippen MR) is 120 cm³/mol. The number of amides is 2. The van der Waals surface area contributed by atoms with Gasteiger partial charge in [-0.05, 0) is 18.6 Å². The van der Waals surface area contributed by atoms with E-state index in [1.54, 1.807) is 0 Å². The van der Waals surface area contributed by atoms with Gasteiger partial charge in [-0.1, -0.05) is 36.4 Å². The molecule has 10 heteroatoms. The van der Waals surface area contributed by atoms with E-state index in [1.165, 1.54) is 21.7 Å². The number of pyridine rings is 1. The van der Waals surface area contributed by atoms with Crippen molar-refractivity contribution in [1.29, 1.82) is 0 Å². The second kappa shape index (κ2) is 8.62. The first-order valence-corrected chi connectivity index (χ1v) is 11.0. The number of hydrogen-bond acceptors (Lipinski definition) is 5. The van der Waals surface area contributed by atoms with E-state index in [4.69, 9.17) is 4.74 Å². The van der Waals surface area contributed by atoms with E-state index in [-0.39, 0.29) is 30.5 Å². The van der Waals surface area contributed by atoms with Crippen LogP contribution >= 0.6 is 0 Å². The van der Waals surface area contributed by atoms with Gasteiger partial charge in [-0.3, -0.25) is 19.3 Å². The second-order valence-electron chi connectivity index (χ2n) is 8.50. The summed E-state index contributed by atoms with van der Waals surface area (Å²) in [6.45, 7) is 1.63. The minimum Gasteiger partial charge on any atom is -0.503 e. The van der Waals surface area contributed by atoms with Crippen LogP contribution in [-0.2, 0) is 17.8 Å². The lowest BCUT2D eigenvalue weighted by atomic mass is 10.0. The average molecular weight is 481 g/mol. The van der Waals surface area contributed by atoms with Gasteiger partial charge in [-0.15, -0.1) is 0 Å². The molecule has 3 heterocycles. The molecular formula is C25H21F2N3O5. The molecule has 5 rings (SSSR count). The maximum Gasteiger partial charge on any atom is 0.277 e. The molecule has 0 radical (unpaired) electrons. The molecule has 8 nitrogen and oxygen atoms in total. The molecule has 0 unspecified atom stereocenters. The molecule has 1 aromatic heterocycles. The first kappa shape index (κ1) is 22.7. The van der Waals surface area contributed by atoms with Crippen molar-refractivity contribution in [3.8, 4) is 5.75 Å².